The number of carboxylic acids is 1. The number of carboxylic acid groups (broad SMARTS) is 1. The van der Waals surface area contributed by atoms with Crippen molar-refractivity contribution in [2.24, 2.45) is 0 Å². The lowest BCUT2D eigenvalue weighted by molar-refractivity contribution is -0.362. The highest BCUT2D eigenvalue weighted by Crippen LogP contribution is 2.32. The summed E-state index contributed by atoms with van der Waals surface area (Å²) < 4.78 is 27.8. The van der Waals surface area contributed by atoms with Gasteiger partial charge in [-0.15, -0.1) is 0 Å². The molecule has 31 heavy (non-hydrogen) atoms. The van der Waals surface area contributed by atoms with Gasteiger partial charge in [0, 0.05) is 0 Å². The Morgan fingerprint density at radius 1 is 0.742 bits per heavy atom. The van der Waals surface area contributed by atoms with Crippen molar-refractivity contribution >= 4 is 5.97 Å². The molecule has 0 radical (unpaired) electrons. The second kappa shape index (κ2) is 9.54. The normalized spacial score (nSPS) is 42.4. The summed E-state index contributed by atoms with van der Waals surface area (Å²) in [5.74, 6) is -1.47. The number of ether oxygens (including phenoxy) is 5. The van der Waals surface area contributed by atoms with Gasteiger partial charge in [0.25, 0.3) is 0 Å². The van der Waals surface area contributed by atoms with Crippen LogP contribution >= 0.6 is 0 Å². The van der Waals surface area contributed by atoms with Crippen LogP contribution in [0.25, 0.3) is 0 Å². The zero-order valence-corrected chi connectivity index (χ0v) is 19.0. The number of hydrogen-bond donors (Lipinski definition) is 5. The van der Waals surface area contributed by atoms with Gasteiger partial charge in [-0.1, -0.05) is 0 Å². The first-order valence-corrected chi connectivity index (χ1v) is 10.3. The molecule has 0 bridgehead atoms. The van der Waals surface area contributed by atoms with Crippen molar-refractivity contribution in [3.63, 3.8) is 0 Å². The lowest BCUT2D eigenvalue weighted by Gasteiger charge is -2.47. The Labute approximate surface area is 181 Å². The molecular weight excluding hydrogens is 416 g/mol. The highest BCUT2D eigenvalue weighted by Gasteiger charge is 2.53. The summed E-state index contributed by atoms with van der Waals surface area (Å²) >= 11 is 0. The molecule has 182 valence electrons. The first kappa shape index (κ1) is 26.4. The van der Waals surface area contributed by atoms with Gasteiger partial charge >= 0.3 is 5.97 Å². The molecule has 2 heterocycles. The zero-order chi connectivity index (χ0) is 23.9. The molecule has 2 saturated heterocycles. The quantitative estimate of drug-likeness (QED) is 0.361. The average molecular weight is 452 g/mol. The van der Waals surface area contributed by atoms with E-state index in [2.05, 4.69) is 0 Å². The van der Waals surface area contributed by atoms with E-state index in [1.54, 1.807) is 48.5 Å². The zero-order valence-electron chi connectivity index (χ0n) is 19.0. The Kier molecular flexibility index (Phi) is 8.11. The third-order valence-corrected chi connectivity index (χ3v) is 4.82. The molecule has 5 N–H and O–H groups in total. The lowest BCUT2D eigenvalue weighted by atomic mass is 9.96. The van der Waals surface area contributed by atoms with E-state index in [-0.39, 0.29) is 0 Å². The van der Waals surface area contributed by atoms with Gasteiger partial charge < -0.3 is 49.2 Å². The number of aliphatic carboxylic acids is 1. The fraction of sp³-hybridized carbons (Fsp3) is 0.950. The average Bonchev–Trinajstić information content (AvgIpc) is 2.60. The van der Waals surface area contributed by atoms with Crippen LogP contribution in [-0.4, -0.2) is 104 Å². The van der Waals surface area contributed by atoms with Gasteiger partial charge in [-0.25, -0.2) is 4.79 Å². The highest BCUT2D eigenvalue weighted by atomic mass is 16.7. The van der Waals surface area contributed by atoms with E-state index in [1.165, 1.54) is 0 Å². The summed E-state index contributed by atoms with van der Waals surface area (Å²) in [5.41, 5.74) is -1.41. The predicted octanol–water partition coefficient (Wildman–Crippen LogP) is -0.632. The molecule has 0 aromatic carbocycles. The van der Waals surface area contributed by atoms with Crippen LogP contribution < -0.4 is 0 Å². The van der Waals surface area contributed by atoms with E-state index in [0.717, 1.165) is 0 Å². The molecule has 10 unspecified atom stereocenters. The van der Waals surface area contributed by atoms with E-state index in [1.807, 2.05) is 0 Å². The molecule has 2 fully saturated rings. The van der Waals surface area contributed by atoms with Crippen LogP contribution in [0.3, 0.4) is 0 Å². The minimum absolute atomic E-state index is 0.620. The number of hydrogen-bond acceptors (Lipinski definition) is 10. The Morgan fingerprint density at radius 3 is 1.71 bits per heavy atom. The van der Waals surface area contributed by atoms with Crippen molar-refractivity contribution in [1.29, 1.82) is 0 Å². The molecule has 2 aliphatic heterocycles. The third-order valence-electron chi connectivity index (χ3n) is 4.82. The van der Waals surface area contributed by atoms with Crippen LogP contribution in [0.1, 0.15) is 48.5 Å². The van der Waals surface area contributed by atoms with Gasteiger partial charge in [-0.05, 0) is 48.5 Å². The van der Waals surface area contributed by atoms with Gasteiger partial charge in [0.15, 0.2) is 18.7 Å². The van der Waals surface area contributed by atoms with Crippen molar-refractivity contribution in [2.45, 2.75) is 121 Å². The molecule has 11 heteroatoms. The van der Waals surface area contributed by atoms with E-state index in [0.29, 0.717) is 0 Å². The molecule has 11 nitrogen and oxygen atoms in total. The standard InChI is InChI=1S/C20H36O11/c1-8-13(30-19(2,3)4)9(21)11(23)17(27-8)28-14-10(22)12(24)18(31-20(5,6)7)29-15(14)16(25)26/h8-15,17-18,21-24H,1-7H3,(H,25,26). The summed E-state index contributed by atoms with van der Waals surface area (Å²) in [5, 5.41) is 51.5. The third kappa shape index (κ3) is 6.56. The topological polar surface area (TPSA) is 164 Å². The molecule has 0 spiro atoms. The smallest absolute Gasteiger partial charge is 0.335 e. The molecule has 0 aromatic rings. The first-order chi connectivity index (χ1) is 14.0. The predicted molar refractivity (Wildman–Crippen MR) is 105 cm³/mol. The second-order valence-corrected chi connectivity index (χ2v) is 9.96. The largest absolute Gasteiger partial charge is 0.479 e. The summed E-state index contributed by atoms with van der Waals surface area (Å²) in [7, 11) is 0. The Hall–Kier alpha value is -0.890. The minimum atomic E-state index is -1.73. The van der Waals surface area contributed by atoms with Crippen LogP contribution in [0.5, 0.6) is 0 Å². The van der Waals surface area contributed by atoms with Crippen molar-refractivity contribution in [3.8, 4) is 0 Å². The molecule has 10 atom stereocenters. The van der Waals surface area contributed by atoms with E-state index < -0.39 is 78.6 Å². The van der Waals surface area contributed by atoms with Gasteiger partial charge in [0.1, 0.15) is 36.6 Å². The van der Waals surface area contributed by atoms with E-state index >= 15 is 0 Å². The van der Waals surface area contributed by atoms with Gasteiger partial charge in [-0.2, -0.15) is 0 Å². The fourth-order valence-corrected chi connectivity index (χ4v) is 3.48. The van der Waals surface area contributed by atoms with E-state index in [9.17, 15) is 30.3 Å². The van der Waals surface area contributed by atoms with Crippen LogP contribution in [0.4, 0.5) is 0 Å². The van der Waals surface area contributed by atoms with Crippen LogP contribution in [0.15, 0.2) is 0 Å². The number of carbonyl (C=O) groups is 1. The monoisotopic (exact) mass is 452 g/mol. The Balaban J connectivity index is 2.17. The van der Waals surface area contributed by atoms with Crippen molar-refractivity contribution in [1.82, 2.24) is 0 Å². The maximum atomic E-state index is 11.8. The van der Waals surface area contributed by atoms with Gasteiger partial charge in [0.05, 0.1) is 17.3 Å². The molecule has 2 aliphatic rings. The van der Waals surface area contributed by atoms with Crippen LogP contribution in [0.2, 0.25) is 0 Å². The maximum absolute atomic E-state index is 11.8. The summed E-state index contributed by atoms with van der Waals surface area (Å²) in [6, 6.07) is 0. The SMILES string of the molecule is CC1OC(OC2C(C(=O)O)OC(OC(C)(C)C)C(O)C2O)C(O)C(O)C1OC(C)(C)C. The molecule has 0 aromatic heterocycles. The van der Waals surface area contributed by atoms with Gasteiger partial charge in [-0.3, -0.25) is 0 Å². The highest BCUT2D eigenvalue weighted by molar-refractivity contribution is 5.73. The molecule has 0 amide bonds. The van der Waals surface area contributed by atoms with E-state index in [4.69, 9.17) is 23.7 Å². The number of aliphatic hydroxyl groups excluding tert-OH is 4. The van der Waals surface area contributed by atoms with Crippen molar-refractivity contribution in [3.05, 3.63) is 0 Å². The van der Waals surface area contributed by atoms with Crippen LogP contribution in [-0.2, 0) is 28.5 Å². The maximum Gasteiger partial charge on any atom is 0.335 e. The van der Waals surface area contributed by atoms with Crippen molar-refractivity contribution in [2.75, 3.05) is 0 Å². The van der Waals surface area contributed by atoms with Gasteiger partial charge in [0.2, 0.25) is 0 Å². The molecule has 2 rings (SSSR count). The molecule has 0 saturated carbocycles. The summed E-state index contributed by atoms with van der Waals surface area (Å²) in [6.07, 6.45) is -14.2. The minimum Gasteiger partial charge on any atom is -0.479 e. The Morgan fingerprint density at radius 2 is 1.23 bits per heavy atom. The molecule has 0 aliphatic carbocycles. The summed E-state index contributed by atoms with van der Waals surface area (Å²) in [6.45, 7) is 12.0. The number of rotatable bonds is 5. The number of aliphatic hydroxyl groups is 4. The van der Waals surface area contributed by atoms with Crippen LogP contribution in [0, 0.1) is 0 Å². The summed E-state index contributed by atoms with van der Waals surface area (Å²) in [4.78, 5) is 11.8. The van der Waals surface area contributed by atoms with Crippen molar-refractivity contribution < 1.29 is 54.0 Å². The Bertz CT molecular complexity index is 613. The second-order valence-electron chi connectivity index (χ2n) is 9.96. The fourth-order valence-electron chi connectivity index (χ4n) is 3.48. The lowest BCUT2D eigenvalue weighted by Crippen LogP contribution is -2.65. The first-order valence-electron chi connectivity index (χ1n) is 10.3. The molecular formula is C20H36O11.